The third-order valence-electron chi connectivity index (χ3n) is 1.76. The van der Waals surface area contributed by atoms with Crippen LogP contribution in [0.25, 0.3) is 0 Å². The maximum atomic E-state index is 11.6. The Labute approximate surface area is 86.3 Å². The molecule has 0 bridgehead atoms. The van der Waals surface area contributed by atoms with Crippen LogP contribution < -0.4 is 0 Å². The summed E-state index contributed by atoms with van der Waals surface area (Å²) in [5, 5.41) is 0. The van der Waals surface area contributed by atoms with Crippen LogP contribution in [0, 0.1) is 12.3 Å². The van der Waals surface area contributed by atoms with Gasteiger partial charge in [-0.3, -0.25) is 0 Å². The number of terminal acetylenes is 1. The van der Waals surface area contributed by atoms with Crippen LogP contribution in [-0.4, -0.2) is 45.3 Å². The van der Waals surface area contributed by atoms with Crippen molar-refractivity contribution in [1.29, 1.82) is 0 Å². The first kappa shape index (κ1) is 13.4. The Morgan fingerprint density at radius 1 is 1.50 bits per heavy atom. The van der Waals surface area contributed by atoms with Crippen molar-refractivity contribution < 1.29 is 13.2 Å². The van der Waals surface area contributed by atoms with E-state index >= 15 is 0 Å². The van der Waals surface area contributed by atoms with Gasteiger partial charge in [0, 0.05) is 20.3 Å². The number of nitrogens with zero attached hydrogens (tertiary/aromatic N) is 1. The summed E-state index contributed by atoms with van der Waals surface area (Å²) < 4.78 is 29.3. The van der Waals surface area contributed by atoms with Crippen molar-refractivity contribution in [3.63, 3.8) is 0 Å². The molecule has 0 N–H and O–H groups in total. The van der Waals surface area contributed by atoms with Gasteiger partial charge in [0.1, 0.15) is 0 Å². The highest BCUT2D eigenvalue weighted by molar-refractivity contribution is 7.89. The van der Waals surface area contributed by atoms with Gasteiger partial charge in [-0.25, -0.2) is 8.42 Å². The first-order valence-electron chi connectivity index (χ1n) is 4.48. The van der Waals surface area contributed by atoms with Crippen molar-refractivity contribution >= 4 is 10.0 Å². The number of hydrogen-bond donors (Lipinski definition) is 0. The van der Waals surface area contributed by atoms with Crippen molar-refractivity contribution in [2.75, 3.05) is 32.6 Å². The first-order chi connectivity index (χ1) is 6.58. The molecule has 0 aromatic rings. The molecule has 0 aliphatic heterocycles. The van der Waals surface area contributed by atoms with Crippen LogP contribution in [0.3, 0.4) is 0 Å². The smallest absolute Gasteiger partial charge is 0.215 e. The lowest BCUT2D eigenvalue weighted by molar-refractivity contribution is 0.199. The fraction of sp³-hybridized carbons (Fsp3) is 0.778. The summed E-state index contributed by atoms with van der Waals surface area (Å²) in [6.07, 6.45) is 5.58. The van der Waals surface area contributed by atoms with Crippen molar-refractivity contribution in [2.24, 2.45) is 0 Å². The SMILES string of the molecule is C#CCN(CC)S(=O)(=O)CCCOC. The molecule has 0 amide bonds. The zero-order valence-corrected chi connectivity index (χ0v) is 9.51. The lowest BCUT2D eigenvalue weighted by Gasteiger charge is -2.17. The number of methoxy groups -OCH3 is 1. The van der Waals surface area contributed by atoms with Gasteiger partial charge in [0.15, 0.2) is 0 Å². The molecular formula is C9H17NO3S. The number of ether oxygens (including phenoxy) is 1. The molecule has 0 unspecified atom stereocenters. The van der Waals surface area contributed by atoms with Gasteiger partial charge in [-0.1, -0.05) is 12.8 Å². The molecule has 0 heterocycles. The van der Waals surface area contributed by atoms with Crippen LogP contribution in [0.5, 0.6) is 0 Å². The quantitative estimate of drug-likeness (QED) is 0.457. The lowest BCUT2D eigenvalue weighted by Crippen LogP contribution is -2.33. The molecule has 0 saturated heterocycles. The van der Waals surface area contributed by atoms with Gasteiger partial charge in [0.05, 0.1) is 12.3 Å². The van der Waals surface area contributed by atoms with E-state index in [4.69, 9.17) is 11.2 Å². The zero-order valence-electron chi connectivity index (χ0n) is 8.69. The van der Waals surface area contributed by atoms with E-state index in [1.54, 1.807) is 14.0 Å². The number of sulfonamides is 1. The van der Waals surface area contributed by atoms with E-state index < -0.39 is 10.0 Å². The molecule has 0 aromatic carbocycles. The summed E-state index contributed by atoms with van der Waals surface area (Å²) in [7, 11) is -1.65. The molecule has 4 nitrogen and oxygen atoms in total. The molecule has 0 aliphatic rings. The maximum Gasteiger partial charge on any atom is 0.215 e. The highest BCUT2D eigenvalue weighted by atomic mass is 32.2. The van der Waals surface area contributed by atoms with Gasteiger partial charge in [0.2, 0.25) is 10.0 Å². The van der Waals surface area contributed by atoms with Gasteiger partial charge < -0.3 is 4.74 Å². The van der Waals surface area contributed by atoms with Crippen LogP contribution in [0.15, 0.2) is 0 Å². The van der Waals surface area contributed by atoms with Crippen LogP contribution in [-0.2, 0) is 14.8 Å². The van der Waals surface area contributed by atoms with E-state index in [1.165, 1.54) is 4.31 Å². The highest BCUT2D eigenvalue weighted by Crippen LogP contribution is 2.02. The minimum atomic E-state index is -3.20. The monoisotopic (exact) mass is 219 g/mol. The third-order valence-corrected chi connectivity index (χ3v) is 3.74. The zero-order chi connectivity index (χ0) is 11.0. The summed E-state index contributed by atoms with van der Waals surface area (Å²) in [4.78, 5) is 0. The molecule has 0 rings (SSSR count). The standard InChI is InChI=1S/C9H17NO3S/c1-4-7-10(5-2)14(11,12)9-6-8-13-3/h1H,5-9H2,2-3H3. The second-order valence-electron chi connectivity index (χ2n) is 2.79. The normalized spacial score (nSPS) is 11.6. The van der Waals surface area contributed by atoms with E-state index in [9.17, 15) is 8.42 Å². The van der Waals surface area contributed by atoms with Crippen LogP contribution in [0.1, 0.15) is 13.3 Å². The Hall–Kier alpha value is -0.570. The number of hydrogen-bond acceptors (Lipinski definition) is 3. The molecule has 0 saturated carbocycles. The van der Waals surface area contributed by atoms with Crippen LogP contribution in [0.4, 0.5) is 0 Å². The average Bonchev–Trinajstić information content (AvgIpc) is 2.14. The van der Waals surface area contributed by atoms with Gasteiger partial charge >= 0.3 is 0 Å². The van der Waals surface area contributed by atoms with E-state index in [1.807, 2.05) is 0 Å². The second-order valence-corrected chi connectivity index (χ2v) is 4.88. The first-order valence-corrected chi connectivity index (χ1v) is 6.09. The molecule has 82 valence electrons. The van der Waals surface area contributed by atoms with Crippen molar-refractivity contribution in [2.45, 2.75) is 13.3 Å². The number of rotatable bonds is 7. The summed E-state index contributed by atoms with van der Waals surface area (Å²) >= 11 is 0. The van der Waals surface area contributed by atoms with Gasteiger partial charge in [-0.05, 0) is 6.42 Å². The van der Waals surface area contributed by atoms with E-state index in [0.29, 0.717) is 19.6 Å². The molecule has 0 fully saturated rings. The molecular weight excluding hydrogens is 202 g/mol. The molecule has 5 heteroatoms. The molecule has 14 heavy (non-hydrogen) atoms. The predicted molar refractivity (Wildman–Crippen MR) is 56.4 cm³/mol. The largest absolute Gasteiger partial charge is 0.385 e. The Morgan fingerprint density at radius 3 is 2.57 bits per heavy atom. The average molecular weight is 219 g/mol. The fourth-order valence-electron chi connectivity index (χ4n) is 1.02. The molecule has 0 atom stereocenters. The van der Waals surface area contributed by atoms with Gasteiger partial charge in [-0.2, -0.15) is 4.31 Å². The Kier molecular flexibility index (Phi) is 6.54. The minimum absolute atomic E-state index is 0.0936. The van der Waals surface area contributed by atoms with Gasteiger partial charge in [0.25, 0.3) is 0 Å². The molecule has 0 radical (unpaired) electrons. The molecule has 0 aliphatic carbocycles. The van der Waals surface area contributed by atoms with E-state index in [0.717, 1.165) is 0 Å². The van der Waals surface area contributed by atoms with Crippen molar-refractivity contribution in [3.05, 3.63) is 0 Å². The van der Waals surface area contributed by atoms with E-state index in [2.05, 4.69) is 5.92 Å². The second kappa shape index (κ2) is 6.82. The van der Waals surface area contributed by atoms with Gasteiger partial charge in [-0.15, -0.1) is 6.42 Å². The topological polar surface area (TPSA) is 46.6 Å². The predicted octanol–water partition coefficient (Wildman–Crippen LogP) is 0.308. The van der Waals surface area contributed by atoms with Crippen molar-refractivity contribution in [3.8, 4) is 12.3 Å². The Morgan fingerprint density at radius 2 is 2.14 bits per heavy atom. The molecule has 0 spiro atoms. The Balaban J connectivity index is 4.21. The van der Waals surface area contributed by atoms with E-state index in [-0.39, 0.29) is 12.3 Å². The highest BCUT2D eigenvalue weighted by Gasteiger charge is 2.18. The lowest BCUT2D eigenvalue weighted by atomic mass is 10.5. The third kappa shape index (κ3) is 4.61. The van der Waals surface area contributed by atoms with Crippen LogP contribution >= 0.6 is 0 Å². The van der Waals surface area contributed by atoms with Crippen molar-refractivity contribution in [1.82, 2.24) is 4.31 Å². The summed E-state index contributed by atoms with van der Waals surface area (Å²) in [5.41, 5.74) is 0. The van der Waals surface area contributed by atoms with Crippen LogP contribution in [0.2, 0.25) is 0 Å². The molecule has 0 aromatic heterocycles. The Bertz CT molecular complexity index is 279. The summed E-state index contributed by atoms with van der Waals surface area (Å²) in [5.74, 6) is 2.42. The summed E-state index contributed by atoms with van der Waals surface area (Å²) in [6.45, 7) is 2.78. The maximum absolute atomic E-state index is 11.6. The summed E-state index contributed by atoms with van der Waals surface area (Å²) in [6, 6.07) is 0. The fourth-order valence-corrected chi connectivity index (χ4v) is 2.43. The minimum Gasteiger partial charge on any atom is -0.385 e.